The molecule has 0 radical (unpaired) electrons. The van der Waals surface area contributed by atoms with E-state index in [1.807, 2.05) is 25.1 Å². The number of rotatable bonds is 6. The summed E-state index contributed by atoms with van der Waals surface area (Å²) in [6.45, 7) is 4.13. The third-order valence-corrected chi connectivity index (χ3v) is 5.71. The highest BCUT2D eigenvalue weighted by atomic mass is 35.5. The minimum Gasteiger partial charge on any atom is -0.481 e. The van der Waals surface area contributed by atoms with Crippen LogP contribution in [0.2, 0.25) is 5.02 Å². The molecule has 2 heterocycles. The number of halogens is 2. The molecule has 1 aromatic heterocycles. The summed E-state index contributed by atoms with van der Waals surface area (Å²) in [5.41, 5.74) is 3.89. The molecule has 0 spiro atoms. The molecule has 0 amide bonds. The van der Waals surface area contributed by atoms with Crippen molar-refractivity contribution in [3.8, 4) is 22.5 Å². The van der Waals surface area contributed by atoms with Crippen LogP contribution in [0.4, 0.5) is 4.39 Å². The Kier molecular flexibility index (Phi) is 6.30. The van der Waals surface area contributed by atoms with Crippen LogP contribution in [-0.4, -0.2) is 39.0 Å². The molecule has 1 atom stereocenters. The summed E-state index contributed by atoms with van der Waals surface area (Å²) in [7, 11) is 0. The lowest BCUT2D eigenvalue weighted by Gasteiger charge is -2.29. The van der Waals surface area contributed by atoms with Gasteiger partial charge in [0, 0.05) is 49.3 Å². The van der Waals surface area contributed by atoms with E-state index in [1.165, 1.54) is 6.07 Å². The first-order valence-corrected chi connectivity index (χ1v) is 10.6. The first-order valence-electron chi connectivity index (χ1n) is 10.2. The van der Waals surface area contributed by atoms with Crippen LogP contribution in [0.25, 0.3) is 22.5 Å². The SMILES string of the molecule is CC(CC(=O)O)CN1CCc2nc(-c3ccc(-c4cccc(Cl)c4)cc3F)ncc2C1. The van der Waals surface area contributed by atoms with E-state index in [1.54, 1.807) is 24.4 Å². The van der Waals surface area contributed by atoms with Gasteiger partial charge in [-0.3, -0.25) is 9.69 Å². The predicted molar refractivity (Wildman–Crippen MR) is 118 cm³/mol. The fourth-order valence-electron chi connectivity index (χ4n) is 4.01. The molecule has 5 nitrogen and oxygen atoms in total. The molecule has 0 bridgehead atoms. The Morgan fingerprint density at radius 1 is 1.26 bits per heavy atom. The maximum atomic E-state index is 14.9. The lowest BCUT2D eigenvalue weighted by Crippen LogP contribution is -2.35. The fourth-order valence-corrected chi connectivity index (χ4v) is 4.20. The van der Waals surface area contributed by atoms with Gasteiger partial charge in [0.25, 0.3) is 0 Å². The zero-order valence-electron chi connectivity index (χ0n) is 17.2. The lowest BCUT2D eigenvalue weighted by molar-refractivity contribution is -0.138. The Balaban J connectivity index is 1.51. The number of hydrogen-bond acceptors (Lipinski definition) is 4. The van der Waals surface area contributed by atoms with E-state index < -0.39 is 5.97 Å². The molecule has 160 valence electrons. The second kappa shape index (κ2) is 9.12. The number of fused-ring (bicyclic) bond motifs is 1. The van der Waals surface area contributed by atoms with Crippen molar-refractivity contribution in [3.05, 3.63) is 70.8 Å². The zero-order chi connectivity index (χ0) is 22.0. The van der Waals surface area contributed by atoms with E-state index in [-0.39, 0.29) is 18.2 Å². The Hall–Kier alpha value is -2.83. The molecule has 1 unspecified atom stereocenters. The van der Waals surface area contributed by atoms with Crippen LogP contribution in [0.3, 0.4) is 0 Å². The molecular formula is C24H23ClFN3O2. The van der Waals surface area contributed by atoms with E-state index >= 15 is 0 Å². The van der Waals surface area contributed by atoms with Gasteiger partial charge in [-0.15, -0.1) is 0 Å². The highest BCUT2D eigenvalue weighted by molar-refractivity contribution is 6.30. The Morgan fingerprint density at radius 3 is 2.81 bits per heavy atom. The van der Waals surface area contributed by atoms with Crippen LogP contribution < -0.4 is 0 Å². The molecular weight excluding hydrogens is 417 g/mol. The summed E-state index contributed by atoms with van der Waals surface area (Å²) in [5.74, 6) is -0.702. The summed E-state index contributed by atoms with van der Waals surface area (Å²) in [6.07, 6.45) is 2.64. The maximum absolute atomic E-state index is 14.9. The zero-order valence-corrected chi connectivity index (χ0v) is 17.9. The molecule has 2 aromatic carbocycles. The molecule has 1 aliphatic rings. The van der Waals surface area contributed by atoms with E-state index in [9.17, 15) is 9.18 Å². The second-order valence-electron chi connectivity index (χ2n) is 8.06. The normalized spacial score (nSPS) is 14.8. The first kappa shape index (κ1) is 21.4. The van der Waals surface area contributed by atoms with E-state index in [0.717, 1.165) is 35.3 Å². The van der Waals surface area contributed by atoms with Gasteiger partial charge in [0.2, 0.25) is 0 Å². The first-order chi connectivity index (χ1) is 14.9. The molecule has 1 aliphatic heterocycles. The topological polar surface area (TPSA) is 66.3 Å². The van der Waals surface area contributed by atoms with Gasteiger partial charge in [-0.2, -0.15) is 0 Å². The largest absolute Gasteiger partial charge is 0.481 e. The average molecular weight is 440 g/mol. The van der Waals surface area contributed by atoms with E-state index in [0.29, 0.717) is 29.5 Å². The standard InChI is InChI=1S/C24H23ClFN3O2/c1-15(9-23(30)31)13-29-8-7-22-18(14-29)12-27-24(28-22)20-6-5-17(11-21(20)26)16-3-2-4-19(25)10-16/h2-6,10-12,15H,7-9,13-14H2,1H3,(H,30,31). The van der Waals surface area contributed by atoms with E-state index in [2.05, 4.69) is 14.9 Å². The summed E-state index contributed by atoms with van der Waals surface area (Å²) >= 11 is 6.05. The predicted octanol–water partition coefficient (Wildman–Crippen LogP) is 5.07. The molecule has 7 heteroatoms. The highest BCUT2D eigenvalue weighted by Crippen LogP contribution is 2.29. The number of nitrogens with zero attached hydrogens (tertiary/aromatic N) is 3. The van der Waals surface area contributed by atoms with Crippen molar-refractivity contribution in [1.82, 2.24) is 14.9 Å². The van der Waals surface area contributed by atoms with Crippen LogP contribution in [0.5, 0.6) is 0 Å². The monoisotopic (exact) mass is 439 g/mol. The minimum atomic E-state index is -0.777. The van der Waals surface area contributed by atoms with Crippen LogP contribution in [0, 0.1) is 11.7 Å². The van der Waals surface area contributed by atoms with Gasteiger partial charge in [-0.1, -0.05) is 36.7 Å². The van der Waals surface area contributed by atoms with Crippen molar-refractivity contribution < 1.29 is 14.3 Å². The Labute approximate surface area is 185 Å². The summed E-state index contributed by atoms with van der Waals surface area (Å²) in [5, 5.41) is 9.55. The molecule has 0 saturated heterocycles. The van der Waals surface area contributed by atoms with Crippen LogP contribution in [0.15, 0.2) is 48.7 Å². The van der Waals surface area contributed by atoms with Crippen molar-refractivity contribution >= 4 is 17.6 Å². The summed E-state index contributed by atoms with van der Waals surface area (Å²) < 4.78 is 14.9. The molecule has 4 rings (SSSR count). The summed E-state index contributed by atoms with van der Waals surface area (Å²) in [4.78, 5) is 22.2. The smallest absolute Gasteiger partial charge is 0.303 e. The van der Waals surface area contributed by atoms with Crippen molar-refractivity contribution in [2.75, 3.05) is 13.1 Å². The van der Waals surface area contributed by atoms with Gasteiger partial charge < -0.3 is 5.11 Å². The maximum Gasteiger partial charge on any atom is 0.303 e. The lowest BCUT2D eigenvalue weighted by atomic mass is 10.0. The molecule has 0 saturated carbocycles. The number of hydrogen-bond donors (Lipinski definition) is 1. The summed E-state index contributed by atoms with van der Waals surface area (Å²) in [6, 6.07) is 12.3. The van der Waals surface area contributed by atoms with Crippen molar-refractivity contribution in [2.24, 2.45) is 5.92 Å². The third kappa shape index (κ3) is 5.09. The Morgan fingerprint density at radius 2 is 2.06 bits per heavy atom. The van der Waals surface area contributed by atoms with Gasteiger partial charge >= 0.3 is 5.97 Å². The number of carbonyl (C=O) groups is 1. The van der Waals surface area contributed by atoms with Crippen molar-refractivity contribution in [3.63, 3.8) is 0 Å². The molecule has 3 aromatic rings. The Bertz CT molecular complexity index is 1120. The molecule has 31 heavy (non-hydrogen) atoms. The van der Waals surface area contributed by atoms with Crippen LogP contribution in [0.1, 0.15) is 24.6 Å². The van der Waals surface area contributed by atoms with Gasteiger partial charge in [-0.25, -0.2) is 14.4 Å². The minimum absolute atomic E-state index is 0.0753. The van der Waals surface area contributed by atoms with Crippen molar-refractivity contribution in [1.29, 1.82) is 0 Å². The number of aliphatic carboxylic acids is 1. The second-order valence-corrected chi connectivity index (χ2v) is 8.50. The van der Waals surface area contributed by atoms with Crippen LogP contribution >= 0.6 is 11.6 Å². The molecule has 0 aliphatic carbocycles. The fraction of sp³-hybridized carbons (Fsp3) is 0.292. The quantitative estimate of drug-likeness (QED) is 0.580. The number of benzene rings is 2. The highest BCUT2D eigenvalue weighted by Gasteiger charge is 2.21. The molecule has 0 fully saturated rings. The number of aromatic nitrogens is 2. The van der Waals surface area contributed by atoms with Gasteiger partial charge in [-0.05, 0) is 41.3 Å². The number of carboxylic acid groups (broad SMARTS) is 1. The van der Waals surface area contributed by atoms with Gasteiger partial charge in [0.05, 0.1) is 11.3 Å². The molecule has 1 N–H and O–H groups in total. The van der Waals surface area contributed by atoms with Gasteiger partial charge in [0.15, 0.2) is 5.82 Å². The average Bonchev–Trinajstić information content (AvgIpc) is 2.72. The third-order valence-electron chi connectivity index (χ3n) is 5.47. The van der Waals surface area contributed by atoms with E-state index in [4.69, 9.17) is 16.7 Å². The van der Waals surface area contributed by atoms with Crippen molar-refractivity contribution in [2.45, 2.75) is 26.3 Å². The van der Waals surface area contributed by atoms with Gasteiger partial charge in [0.1, 0.15) is 5.82 Å². The number of carboxylic acids is 1. The van der Waals surface area contributed by atoms with Crippen LogP contribution in [-0.2, 0) is 17.8 Å².